The maximum absolute atomic E-state index is 5.03. The lowest BCUT2D eigenvalue weighted by molar-refractivity contribution is 0.192. The number of hydrogen-bond acceptors (Lipinski definition) is 4. The minimum atomic E-state index is 0.725. The second-order valence-corrected chi connectivity index (χ2v) is 5.94. The Balaban J connectivity index is 2.20. The summed E-state index contributed by atoms with van der Waals surface area (Å²) in [5.74, 6) is 0.835. The molecule has 6 heteroatoms. The number of hydrogen-bond donors (Lipinski definition) is 2. The number of unbranched alkanes of at least 4 members (excludes halogenated alkanes) is 2. The highest BCUT2D eigenvalue weighted by Crippen LogP contribution is 2.15. The third-order valence-electron chi connectivity index (χ3n) is 3.02. The fraction of sp³-hybridized carbons (Fsp3) is 0.714. The van der Waals surface area contributed by atoms with Crippen molar-refractivity contribution in [3.05, 3.63) is 15.6 Å². The first-order valence-corrected chi connectivity index (χ1v) is 7.85. The molecule has 0 aliphatic heterocycles. The Kier molecular flexibility index (Phi) is 8.22. The molecule has 0 saturated heterocycles. The molecule has 0 saturated carbocycles. The average Bonchev–Trinajstić information content (AvgIpc) is 2.76. The van der Waals surface area contributed by atoms with Gasteiger partial charge in [-0.2, -0.15) is 0 Å². The van der Waals surface area contributed by atoms with Gasteiger partial charge >= 0.3 is 0 Å². The molecule has 0 aromatic carbocycles. The summed E-state index contributed by atoms with van der Waals surface area (Å²) in [5.41, 5.74) is 1.12. The summed E-state index contributed by atoms with van der Waals surface area (Å²) >= 11 is 1.73. The van der Waals surface area contributed by atoms with Gasteiger partial charge in [-0.15, -0.1) is 11.3 Å². The minimum Gasteiger partial charge on any atom is -0.385 e. The van der Waals surface area contributed by atoms with Gasteiger partial charge < -0.3 is 15.4 Å². The van der Waals surface area contributed by atoms with Gasteiger partial charge in [0.05, 0.1) is 12.2 Å². The molecule has 0 fully saturated rings. The summed E-state index contributed by atoms with van der Waals surface area (Å²) in [6.45, 7) is 6.64. The van der Waals surface area contributed by atoms with E-state index in [1.165, 1.54) is 11.3 Å². The lowest BCUT2D eigenvalue weighted by atomic mass is 10.2. The van der Waals surface area contributed by atoms with E-state index in [0.29, 0.717) is 0 Å². The molecule has 2 N–H and O–H groups in total. The molecule has 0 bridgehead atoms. The molecule has 0 amide bonds. The van der Waals surface area contributed by atoms with E-state index < -0.39 is 0 Å². The lowest BCUT2D eigenvalue weighted by Crippen LogP contribution is -2.37. The zero-order valence-corrected chi connectivity index (χ0v) is 13.8. The van der Waals surface area contributed by atoms with Crippen molar-refractivity contribution in [2.75, 3.05) is 27.3 Å². The lowest BCUT2D eigenvalue weighted by Gasteiger charge is -2.10. The number of aliphatic imine (C=N–C) groups is 1. The number of ether oxygens (including phenoxy) is 1. The van der Waals surface area contributed by atoms with Gasteiger partial charge in [-0.25, -0.2) is 4.98 Å². The standard InChI is InChI=1S/C14H26N4OS/c1-11-12(2)20-13(18-11)10-17-14(15-3)16-8-6-5-7-9-19-4/h5-10H2,1-4H3,(H2,15,16,17). The molecule has 1 heterocycles. The highest BCUT2D eigenvalue weighted by Gasteiger charge is 2.04. The van der Waals surface area contributed by atoms with Crippen LogP contribution in [0.15, 0.2) is 4.99 Å². The second kappa shape index (κ2) is 9.72. The van der Waals surface area contributed by atoms with Crippen LogP contribution < -0.4 is 10.6 Å². The van der Waals surface area contributed by atoms with Crippen molar-refractivity contribution in [1.29, 1.82) is 0 Å². The quantitative estimate of drug-likeness (QED) is 0.439. The molecule has 0 aliphatic carbocycles. The van der Waals surface area contributed by atoms with Gasteiger partial charge in [0, 0.05) is 32.2 Å². The molecule has 5 nitrogen and oxygen atoms in total. The third kappa shape index (κ3) is 6.34. The Bertz CT molecular complexity index is 398. The van der Waals surface area contributed by atoms with E-state index in [4.69, 9.17) is 4.74 Å². The Morgan fingerprint density at radius 3 is 2.65 bits per heavy atom. The van der Waals surface area contributed by atoms with Gasteiger partial charge in [-0.1, -0.05) is 0 Å². The smallest absolute Gasteiger partial charge is 0.191 e. The Morgan fingerprint density at radius 1 is 1.25 bits per heavy atom. The van der Waals surface area contributed by atoms with Crippen LogP contribution in [0.5, 0.6) is 0 Å². The summed E-state index contributed by atoms with van der Waals surface area (Å²) < 4.78 is 5.03. The van der Waals surface area contributed by atoms with Gasteiger partial charge in [0.15, 0.2) is 5.96 Å². The largest absolute Gasteiger partial charge is 0.385 e. The summed E-state index contributed by atoms with van der Waals surface area (Å²) in [5, 5.41) is 7.70. The maximum atomic E-state index is 5.03. The Labute approximate surface area is 125 Å². The van der Waals surface area contributed by atoms with E-state index in [-0.39, 0.29) is 0 Å². The van der Waals surface area contributed by atoms with E-state index in [1.807, 2.05) is 6.92 Å². The number of thiazole rings is 1. The number of aromatic nitrogens is 1. The number of guanidine groups is 1. The first-order chi connectivity index (χ1) is 9.67. The summed E-state index contributed by atoms with van der Waals surface area (Å²) in [6, 6.07) is 0. The number of nitrogens with one attached hydrogen (secondary N) is 2. The van der Waals surface area contributed by atoms with Gasteiger partial charge in [0.25, 0.3) is 0 Å². The van der Waals surface area contributed by atoms with E-state index in [2.05, 4.69) is 27.5 Å². The van der Waals surface area contributed by atoms with Crippen LogP contribution >= 0.6 is 11.3 Å². The van der Waals surface area contributed by atoms with Crippen molar-refractivity contribution < 1.29 is 4.74 Å². The number of methoxy groups -OCH3 is 1. The van der Waals surface area contributed by atoms with Crippen LogP contribution in [0, 0.1) is 13.8 Å². The maximum Gasteiger partial charge on any atom is 0.191 e. The fourth-order valence-corrected chi connectivity index (χ4v) is 2.62. The van der Waals surface area contributed by atoms with Gasteiger partial charge in [0.1, 0.15) is 5.01 Å². The van der Waals surface area contributed by atoms with Gasteiger partial charge in [-0.3, -0.25) is 4.99 Å². The summed E-state index contributed by atoms with van der Waals surface area (Å²) in [7, 11) is 3.53. The Hall–Kier alpha value is -1.14. The van der Waals surface area contributed by atoms with Crippen molar-refractivity contribution in [3.8, 4) is 0 Å². The molecular formula is C14H26N4OS. The average molecular weight is 298 g/mol. The SMILES string of the molecule is CN=C(NCCCCCOC)NCc1nc(C)c(C)s1. The zero-order chi connectivity index (χ0) is 14.8. The highest BCUT2D eigenvalue weighted by molar-refractivity contribution is 7.11. The molecule has 114 valence electrons. The molecular weight excluding hydrogens is 272 g/mol. The highest BCUT2D eigenvalue weighted by atomic mass is 32.1. The Morgan fingerprint density at radius 2 is 2.05 bits per heavy atom. The topological polar surface area (TPSA) is 58.5 Å². The van der Waals surface area contributed by atoms with Gasteiger partial charge in [-0.05, 0) is 33.1 Å². The molecule has 1 aromatic heterocycles. The number of aryl methyl sites for hydroxylation is 2. The monoisotopic (exact) mass is 298 g/mol. The predicted octanol–water partition coefficient (Wildman–Crippen LogP) is 2.24. The first kappa shape index (κ1) is 16.9. The van der Waals surface area contributed by atoms with E-state index in [1.54, 1.807) is 25.5 Å². The van der Waals surface area contributed by atoms with Crippen molar-refractivity contribution >= 4 is 17.3 Å². The molecule has 0 atom stereocenters. The predicted molar refractivity (Wildman–Crippen MR) is 85.5 cm³/mol. The number of nitrogens with zero attached hydrogens (tertiary/aromatic N) is 2. The van der Waals surface area contributed by atoms with E-state index in [9.17, 15) is 0 Å². The van der Waals surface area contributed by atoms with Crippen LogP contribution in [0.2, 0.25) is 0 Å². The van der Waals surface area contributed by atoms with Gasteiger partial charge in [0.2, 0.25) is 0 Å². The van der Waals surface area contributed by atoms with Crippen molar-refractivity contribution in [2.24, 2.45) is 4.99 Å². The fourth-order valence-electron chi connectivity index (χ4n) is 1.75. The summed E-state index contributed by atoms with van der Waals surface area (Å²) in [6.07, 6.45) is 3.41. The minimum absolute atomic E-state index is 0.725. The van der Waals surface area contributed by atoms with Crippen LogP contribution in [0.3, 0.4) is 0 Å². The third-order valence-corrected chi connectivity index (χ3v) is 4.09. The van der Waals surface area contributed by atoms with Crippen molar-refractivity contribution in [3.63, 3.8) is 0 Å². The first-order valence-electron chi connectivity index (χ1n) is 7.03. The molecule has 0 aliphatic rings. The molecule has 0 spiro atoms. The zero-order valence-electron chi connectivity index (χ0n) is 13.0. The summed E-state index contributed by atoms with van der Waals surface area (Å²) in [4.78, 5) is 10.00. The van der Waals surface area contributed by atoms with Crippen LogP contribution in [0.1, 0.15) is 34.8 Å². The molecule has 0 radical (unpaired) electrons. The molecule has 20 heavy (non-hydrogen) atoms. The molecule has 1 rings (SSSR count). The second-order valence-electron chi connectivity index (χ2n) is 4.66. The van der Waals surface area contributed by atoms with Crippen molar-refractivity contribution in [2.45, 2.75) is 39.7 Å². The van der Waals surface area contributed by atoms with Crippen molar-refractivity contribution in [1.82, 2.24) is 15.6 Å². The molecule has 1 aromatic rings. The van der Waals surface area contributed by atoms with Crippen LogP contribution in [-0.4, -0.2) is 38.3 Å². The molecule has 0 unspecified atom stereocenters. The number of rotatable bonds is 8. The van der Waals surface area contributed by atoms with E-state index >= 15 is 0 Å². The van der Waals surface area contributed by atoms with E-state index in [0.717, 1.165) is 49.2 Å². The normalized spacial score (nSPS) is 11.7. The van der Waals surface area contributed by atoms with Crippen LogP contribution in [0.25, 0.3) is 0 Å². The van der Waals surface area contributed by atoms with Crippen LogP contribution in [0.4, 0.5) is 0 Å². The van der Waals surface area contributed by atoms with Crippen LogP contribution in [-0.2, 0) is 11.3 Å².